The molecule has 0 N–H and O–H groups in total. The first-order valence-corrected chi connectivity index (χ1v) is 8.66. The molecule has 0 aliphatic carbocycles. The first-order valence-electron chi connectivity index (χ1n) is 7.05. The van der Waals surface area contributed by atoms with E-state index in [9.17, 15) is 4.79 Å². The smallest absolute Gasteiger partial charge is 0.338 e. The van der Waals surface area contributed by atoms with E-state index < -0.39 is 5.97 Å². The second kappa shape index (κ2) is 7.14. The van der Waals surface area contributed by atoms with E-state index >= 15 is 0 Å². The lowest BCUT2D eigenvalue weighted by Crippen LogP contribution is -2.09. The molecule has 24 heavy (non-hydrogen) atoms. The molecule has 0 aliphatic heterocycles. The average molecular weight is 408 g/mol. The van der Waals surface area contributed by atoms with Gasteiger partial charge in [-0.05, 0) is 52.3 Å². The molecule has 124 valence electrons. The predicted molar refractivity (Wildman–Crippen MR) is 95.2 cm³/mol. The Balaban J connectivity index is 1.61. The molecule has 6 nitrogen and oxygen atoms in total. The number of aromatic nitrogens is 2. The number of benzene rings is 1. The van der Waals surface area contributed by atoms with Crippen LogP contribution >= 0.6 is 27.3 Å². The summed E-state index contributed by atoms with van der Waals surface area (Å²) in [5, 5.41) is 7.85. The lowest BCUT2D eigenvalue weighted by Gasteiger charge is -2.12. The number of hydrogen-bond donors (Lipinski definition) is 0. The molecule has 2 aromatic heterocycles. The molecule has 0 fully saturated rings. The highest BCUT2D eigenvalue weighted by molar-refractivity contribution is 9.11. The second-order valence-corrected chi connectivity index (χ2v) is 7.59. The highest BCUT2D eigenvalue weighted by Gasteiger charge is 2.13. The molecule has 0 saturated carbocycles. The second-order valence-electron chi connectivity index (χ2n) is 5.12. The topological polar surface area (TPSA) is 68.5 Å². The minimum atomic E-state index is -0.432. The summed E-state index contributed by atoms with van der Waals surface area (Å²) >= 11 is 4.87. The van der Waals surface area contributed by atoms with Gasteiger partial charge in [0.25, 0.3) is 11.8 Å². The van der Waals surface area contributed by atoms with Crippen LogP contribution < -0.4 is 4.90 Å². The minimum Gasteiger partial charge on any atom is -0.452 e. The maximum Gasteiger partial charge on any atom is 0.338 e. The maximum absolute atomic E-state index is 12.0. The van der Waals surface area contributed by atoms with Crippen molar-refractivity contribution in [2.75, 3.05) is 19.0 Å². The van der Waals surface area contributed by atoms with Crippen molar-refractivity contribution < 1.29 is 13.9 Å². The largest absolute Gasteiger partial charge is 0.452 e. The number of anilines is 1. The van der Waals surface area contributed by atoms with Gasteiger partial charge in [0.2, 0.25) is 0 Å². The third-order valence-electron chi connectivity index (χ3n) is 3.20. The third kappa shape index (κ3) is 3.82. The van der Waals surface area contributed by atoms with Crippen molar-refractivity contribution in [1.29, 1.82) is 0 Å². The minimum absolute atomic E-state index is 0.0617. The quantitative estimate of drug-likeness (QED) is 0.595. The van der Waals surface area contributed by atoms with Crippen LogP contribution in [0, 0.1) is 0 Å². The molecule has 3 aromatic rings. The van der Waals surface area contributed by atoms with E-state index in [0.717, 1.165) is 14.4 Å². The number of hydrogen-bond acceptors (Lipinski definition) is 7. The highest BCUT2D eigenvalue weighted by atomic mass is 79.9. The van der Waals surface area contributed by atoms with Gasteiger partial charge in [-0.3, -0.25) is 0 Å². The van der Waals surface area contributed by atoms with Gasteiger partial charge in [0, 0.05) is 19.8 Å². The Kier molecular flexibility index (Phi) is 4.96. The molecule has 2 heterocycles. The number of carbonyl (C=O) groups excluding carboxylic acids is 1. The molecule has 0 amide bonds. The van der Waals surface area contributed by atoms with Gasteiger partial charge in [-0.2, -0.15) is 0 Å². The van der Waals surface area contributed by atoms with Crippen molar-refractivity contribution in [2.24, 2.45) is 0 Å². The van der Waals surface area contributed by atoms with E-state index in [4.69, 9.17) is 9.15 Å². The monoisotopic (exact) mass is 407 g/mol. The summed E-state index contributed by atoms with van der Waals surface area (Å²) in [6, 6.07) is 10.9. The lowest BCUT2D eigenvalue weighted by molar-refractivity contribution is 0.0438. The zero-order chi connectivity index (χ0) is 17.1. The number of carbonyl (C=O) groups is 1. The van der Waals surface area contributed by atoms with Gasteiger partial charge in [0.1, 0.15) is 0 Å². The fourth-order valence-corrected chi connectivity index (χ4v) is 3.25. The van der Waals surface area contributed by atoms with Crippen molar-refractivity contribution in [3.05, 3.63) is 51.6 Å². The summed E-state index contributed by atoms with van der Waals surface area (Å²) in [7, 11) is 3.87. The molecule has 0 spiro atoms. The number of rotatable bonds is 5. The summed E-state index contributed by atoms with van der Waals surface area (Å²) in [4.78, 5) is 14.9. The zero-order valence-corrected chi connectivity index (χ0v) is 15.4. The summed E-state index contributed by atoms with van der Waals surface area (Å²) in [6.45, 7) is -0.0617. The first kappa shape index (κ1) is 16.7. The molecule has 3 rings (SSSR count). The van der Waals surface area contributed by atoms with Crippen LogP contribution in [0.15, 0.2) is 44.6 Å². The number of halogens is 1. The van der Waals surface area contributed by atoms with Gasteiger partial charge < -0.3 is 14.1 Å². The molecular weight excluding hydrogens is 394 g/mol. The molecule has 0 unspecified atom stereocenters. The van der Waals surface area contributed by atoms with Crippen LogP contribution in [0.1, 0.15) is 16.2 Å². The van der Waals surface area contributed by atoms with Gasteiger partial charge in [0.15, 0.2) is 6.61 Å². The third-order valence-corrected chi connectivity index (χ3v) is 4.81. The molecule has 0 atom stereocenters. The summed E-state index contributed by atoms with van der Waals surface area (Å²) in [6.07, 6.45) is 0. The molecule has 0 saturated heterocycles. The first-order chi connectivity index (χ1) is 11.5. The Labute approximate surface area is 151 Å². The van der Waals surface area contributed by atoms with Crippen molar-refractivity contribution in [3.8, 4) is 10.8 Å². The molecule has 0 radical (unpaired) electrons. The van der Waals surface area contributed by atoms with Crippen molar-refractivity contribution in [1.82, 2.24) is 10.2 Å². The van der Waals surface area contributed by atoms with Crippen LogP contribution in [0.2, 0.25) is 0 Å². The number of ether oxygens (including phenoxy) is 1. The van der Waals surface area contributed by atoms with Crippen LogP contribution in [0.5, 0.6) is 0 Å². The molecule has 0 aliphatic rings. The zero-order valence-electron chi connectivity index (χ0n) is 13.0. The van der Waals surface area contributed by atoms with Crippen LogP contribution in [0.4, 0.5) is 5.69 Å². The Morgan fingerprint density at radius 2 is 1.96 bits per heavy atom. The normalized spacial score (nSPS) is 10.6. The van der Waals surface area contributed by atoms with E-state index in [-0.39, 0.29) is 12.5 Å². The summed E-state index contributed by atoms with van der Waals surface area (Å²) < 4.78 is 11.7. The number of nitrogens with zero attached hydrogens (tertiary/aromatic N) is 3. The van der Waals surface area contributed by atoms with E-state index in [1.165, 1.54) is 11.3 Å². The van der Waals surface area contributed by atoms with Crippen LogP contribution in [-0.2, 0) is 11.3 Å². The van der Waals surface area contributed by atoms with E-state index in [2.05, 4.69) is 26.1 Å². The van der Waals surface area contributed by atoms with Gasteiger partial charge in [-0.25, -0.2) is 4.79 Å². The van der Waals surface area contributed by atoms with Crippen LogP contribution in [-0.4, -0.2) is 30.3 Å². The van der Waals surface area contributed by atoms with E-state index in [1.54, 1.807) is 12.1 Å². The fourth-order valence-electron chi connectivity index (χ4n) is 1.95. The predicted octanol–water partition coefficient (Wildman–Crippen LogP) is 3.98. The number of esters is 1. The maximum atomic E-state index is 12.0. The van der Waals surface area contributed by atoms with E-state index in [1.807, 2.05) is 43.3 Å². The average Bonchev–Trinajstić information content (AvgIpc) is 3.21. The Hall–Kier alpha value is -2.19. The number of thiophene rings is 1. The van der Waals surface area contributed by atoms with Crippen LogP contribution in [0.3, 0.4) is 0 Å². The molecule has 8 heteroatoms. The Morgan fingerprint density at radius 3 is 2.58 bits per heavy atom. The van der Waals surface area contributed by atoms with Gasteiger partial charge >= 0.3 is 5.97 Å². The molecule has 0 bridgehead atoms. The Morgan fingerprint density at radius 1 is 1.21 bits per heavy atom. The molecular formula is C16H14BrN3O3S. The fraction of sp³-hybridized carbons (Fsp3) is 0.188. The van der Waals surface area contributed by atoms with E-state index in [0.29, 0.717) is 11.5 Å². The van der Waals surface area contributed by atoms with Gasteiger partial charge in [-0.15, -0.1) is 21.5 Å². The highest BCUT2D eigenvalue weighted by Crippen LogP contribution is 2.30. The van der Waals surface area contributed by atoms with Gasteiger partial charge in [0.05, 0.1) is 14.2 Å². The Bertz CT molecular complexity index is 842. The molecule has 1 aromatic carbocycles. The van der Waals surface area contributed by atoms with Crippen molar-refractivity contribution in [3.63, 3.8) is 0 Å². The van der Waals surface area contributed by atoms with Crippen molar-refractivity contribution in [2.45, 2.75) is 6.61 Å². The van der Waals surface area contributed by atoms with Gasteiger partial charge in [-0.1, -0.05) is 0 Å². The summed E-state index contributed by atoms with van der Waals surface area (Å²) in [5.41, 5.74) is 1.48. The lowest BCUT2D eigenvalue weighted by atomic mass is 10.2. The standard InChI is InChI=1S/C16H14BrN3O3S/c1-20(2)11-5-3-10(4-6-11)16(21)22-9-14-18-19-15(23-14)12-7-8-13(17)24-12/h3-8H,9H2,1-2H3. The van der Waals surface area contributed by atoms with Crippen molar-refractivity contribution >= 4 is 38.9 Å². The summed E-state index contributed by atoms with van der Waals surface area (Å²) in [5.74, 6) is 0.235. The SMILES string of the molecule is CN(C)c1ccc(C(=O)OCc2nnc(-c3ccc(Br)s3)o2)cc1. The van der Waals surface area contributed by atoms with Crippen LogP contribution in [0.25, 0.3) is 10.8 Å².